The van der Waals surface area contributed by atoms with Crippen LogP contribution in [0.5, 0.6) is 0 Å². The molecule has 0 atom stereocenters. The van der Waals surface area contributed by atoms with Crippen LogP contribution in [0.2, 0.25) is 5.02 Å². The number of nitrogens with one attached hydrogen (secondary N) is 1. The van der Waals surface area contributed by atoms with Crippen LogP contribution in [0.1, 0.15) is 16.1 Å². The summed E-state index contributed by atoms with van der Waals surface area (Å²) >= 11 is 7.51. The van der Waals surface area contributed by atoms with Crippen LogP contribution in [0.4, 0.5) is 0 Å². The Morgan fingerprint density at radius 1 is 1.24 bits per heavy atom. The first-order valence-corrected chi connectivity index (χ1v) is 8.98. The molecule has 0 saturated heterocycles. The Balaban J connectivity index is 2.09. The van der Waals surface area contributed by atoms with Crippen LogP contribution >= 0.6 is 22.9 Å². The molecule has 0 unspecified atom stereocenters. The van der Waals surface area contributed by atoms with Crippen LogP contribution in [-0.2, 0) is 0 Å². The van der Waals surface area contributed by atoms with Crippen molar-refractivity contribution in [2.24, 2.45) is 0 Å². The van der Waals surface area contributed by atoms with E-state index in [1.807, 2.05) is 29.8 Å². The lowest BCUT2D eigenvalue weighted by Crippen LogP contribution is -2.27. The summed E-state index contributed by atoms with van der Waals surface area (Å²) in [5.41, 5.74) is 3.70. The molecule has 0 aliphatic heterocycles. The highest BCUT2D eigenvalue weighted by atomic mass is 35.5. The maximum atomic E-state index is 12.3. The van der Waals surface area contributed by atoms with E-state index in [0.717, 1.165) is 16.7 Å². The fourth-order valence-corrected chi connectivity index (χ4v) is 3.25. The number of thiophene rings is 1. The number of aromatic nitrogens is 2. The number of rotatable bonds is 5. The topological polar surface area (TPSA) is 75.1 Å². The van der Waals surface area contributed by atoms with Crippen molar-refractivity contribution in [3.05, 3.63) is 57.4 Å². The zero-order valence-corrected chi connectivity index (χ0v) is 15.1. The Bertz CT molecular complexity index is 894. The standard InChI is InChI=1S/C18H16ClN3O2S/c1-11-9-25-10-14(11)17-21-15(12-2-4-13(19)5-3-12)8-16(22-17)18(24)20-6-7-23/h2-5,8-10,23H,6-7H2,1H3,(H,20,24). The lowest BCUT2D eigenvalue weighted by molar-refractivity contribution is 0.0940. The van der Waals surface area contributed by atoms with Gasteiger partial charge in [-0.1, -0.05) is 23.7 Å². The summed E-state index contributed by atoms with van der Waals surface area (Å²) in [5, 5.41) is 16.1. The molecule has 128 valence electrons. The zero-order valence-electron chi connectivity index (χ0n) is 13.5. The van der Waals surface area contributed by atoms with Gasteiger partial charge in [-0.15, -0.1) is 0 Å². The average Bonchev–Trinajstić information content (AvgIpc) is 3.06. The van der Waals surface area contributed by atoms with Gasteiger partial charge in [0.1, 0.15) is 5.69 Å². The summed E-state index contributed by atoms with van der Waals surface area (Å²) in [6.45, 7) is 2.03. The van der Waals surface area contributed by atoms with Crippen LogP contribution in [0, 0.1) is 6.92 Å². The van der Waals surface area contributed by atoms with Gasteiger partial charge in [0.15, 0.2) is 5.82 Å². The van der Waals surface area contributed by atoms with E-state index in [0.29, 0.717) is 16.5 Å². The third-order valence-electron chi connectivity index (χ3n) is 3.59. The first-order chi connectivity index (χ1) is 12.1. The lowest BCUT2D eigenvalue weighted by atomic mass is 10.1. The highest BCUT2D eigenvalue weighted by Gasteiger charge is 2.15. The third kappa shape index (κ3) is 4.04. The van der Waals surface area contributed by atoms with Gasteiger partial charge >= 0.3 is 0 Å². The van der Waals surface area contributed by atoms with Gasteiger partial charge < -0.3 is 10.4 Å². The van der Waals surface area contributed by atoms with E-state index in [9.17, 15) is 4.79 Å². The van der Waals surface area contributed by atoms with E-state index in [2.05, 4.69) is 15.3 Å². The van der Waals surface area contributed by atoms with Crippen LogP contribution in [0.3, 0.4) is 0 Å². The molecule has 3 aromatic rings. The fraction of sp³-hybridized carbons (Fsp3) is 0.167. The van der Waals surface area contributed by atoms with E-state index in [1.54, 1.807) is 29.5 Å². The number of halogens is 1. The molecule has 1 amide bonds. The van der Waals surface area contributed by atoms with Gasteiger partial charge in [0.05, 0.1) is 12.3 Å². The van der Waals surface area contributed by atoms with Gasteiger partial charge in [-0.05, 0) is 36.1 Å². The number of aliphatic hydroxyl groups excluding tert-OH is 1. The molecule has 25 heavy (non-hydrogen) atoms. The maximum Gasteiger partial charge on any atom is 0.270 e. The summed E-state index contributed by atoms with van der Waals surface area (Å²) in [6, 6.07) is 8.90. The van der Waals surface area contributed by atoms with Gasteiger partial charge in [0.2, 0.25) is 0 Å². The highest BCUT2D eigenvalue weighted by Crippen LogP contribution is 2.27. The highest BCUT2D eigenvalue weighted by molar-refractivity contribution is 7.08. The predicted molar refractivity (Wildman–Crippen MR) is 99.9 cm³/mol. The molecule has 0 radical (unpaired) electrons. The number of carbonyl (C=O) groups is 1. The minimum absolute atomic E-state index is 0.128. The van der Waals surface area contributed by atoms with Crippen molar-refractivity contribution in [3.63, 3.8) is 0 Å². The molecule has 2 aromatic heterocycles. The van der Waals surface area contributed by atoms with Crippen molar-refractivity contribution in [2.45, 2.75) is 6.92 Å². The van der Waals surface area contributed by atoms with Crippen molar-refractivity contribution in [2.75, 3.05) is 13.2 Å². The van der Waals surface area contributed by atoms with Crippen LogP contribution in [-0.4, -0.2) is 34.1 Å². The summed E-state index contributed by atoms with van der Waals surface area (Å²) in [6.07, 6.45) is 0. The number of hydrogen-bond donors (Lipinski definition) is 2. The molecule has 5 nitrogen and oxygen atoms in total. The number of nitrogens with zero attached hydrogens (tertiary/aromatic N) is 2. The first-order valence-electron chi connectivity index (χ1n) is 7.65. The van der Waals surface area contributed by atoms with Gasteiger partial charge in [0, 0.05) is 28.1 Å². The second kappa shape index (κ2) is 7.74. The number of aliphatic hydroxyl groups is 1. The molecule has 0 spiro atoms. The molecule has 0 aliphatic carbocycles. The monoisotopic (exact) mass is 373 g/mol. The second-order valence-corrected chi connectivity index (χ2v) is 6.60. The van der Waals surface area contributed by atoms with Crippen LogP contribution < -0.4 is 5.32 Å². The molecule has 7 heteroatoms. The zero-order chi connectivity index (χ0) is 17.8. The van der Waals surface area contributed by atoms with E-state index in [1.165, 1.54) is 0 Å². The lowest BCUT2D eigenvalue weighted by Gasteiger charge is -2.09. The largest absolute Gasteiger partial charge is 0.395 e. The third-order valence-corrected chi connectivity index (χ3v) is 4.71. The summed E-state index contributed by atoms with van der Waals surface area (Å²) < 4.78 is 0. The molecular weight excluding hydrogens is 358 g/mol. The van der Waals surface area contributed by atoms with E-state index in [4.69, 9.17) is 16.7 Å². The quantitative estimate of drug-likeness (QED) is 0.717. The SMILES string of the molecule is Cc1cscc1-c1nc(C(=O)NCCO)cc(-c2ccc(Cl)cc2)n1. The molecule has 0 saturated carbocycles. The first kappa shape index (κ1) is 17.5. The van der Waals surface area contributed by atoms with Crippen LogP contribution in [0.25, 0.3) is 22.6 Å². The summed E-state index contributed by atoms with van der Waals surface area (Å²) in [5.74, 6) is 0.154. The van der Waals surface area contributed by atoms with E-state index in [-0.39, 0.29) is 24.8 Å². The smallest absolute Gasteiger partial charge is 0.270 e. The van der Waals surface area contributed by atoms with Crippen molar-refractivity contribution in [1.82, 2.24) is 15.3 Å². The molecule has 2 heterocycles. The minimum atomic E-state index is -0.346. The van der Waals surface area contributed by atoms with E-state index < -0.39 is 0 Å². The van der Waals surface area contributed by atoms with Crippen molar-refractivity contribution < 1.29 is 9.90 Å². The molecule has 1 aromatic carbocycles. The number of aryl methyl sites for hydroxylation is 1. The molecular formula is C18H16ClN3O2S. The summed E-state index contributed by atoms with van der Waals surface area (Å²) in [4.78, 5) is 21.3. The van der Waals surface area contributed by atoms with Crippen molar-refractivity contribution in [1.29, 1.82) is 0 Å². The average molecular weight is 374 g/mol. The number of carbonyl (C=O) groups excluding carboxylic acids is 1. The second-order valence-electron chi connectivity index (χ2n) is 5.42. The maximum absolute atomic E-state index is 12.3. The van der Waals surface area contributed by atoms with Gasteiger partial charge in [-0.25, -0.2) is 9.97 Å². The molecule has 2 N–H and O–H groups in total. The van der Waals surface area contributed by atoms with Crippen LogP contribution in [0.15, 0.2) is 41.1 Å². The Labute approximate surface area is 154 Å². The Hall–Kier alpha value is -2.28. The van der Waals surface area contributed by atoms with Gasteiger partial charge in [-0.3, -0.25) is 4.79 Å². The predicted octanol–water partition coefficient (Wildman–Crippen LogP) is 3.56. The molecule has 0 fully saturated rings. The molecule has 3 rings (SSSR count). The molecule has 0 aliphatic rings. The van der Waals surface area contributed by atoms with Crippen molar-refractivity contribution >= 4 is 28.8 Å². The Kier molecular flexibility index (Phi) is 5.43. The number of amides is 1. The summed E-state index contributed by atoms with van der Waals surface area (Å²) in [7, 11) is 0. The normalized spacial score (nSPS) is 10.7. The Morgan fingerprint density at radius 2 is 2.00 bits per heavy atom. The fourth-order valence-electron chi connectivity index (χ4n) is 2.30. The number of hydrogen-bond acceptors (Lipinski definition) is 5. The number of benzene rings is 1. The van der Waals surface area contributed by atoms with E-state index >= 15 is 0 Å². The van der Waals surface area contributed by atoms with Crippen molar-refractivity contribution in [3.8, 4) is 22.6 Å². The van der Waals surface area contributed by atoms with Gasteiger partial charge in [-0.2, -0.15) is 11.3 Å². The molecule has 0 bridgehead atoms. The minimum Gasteiger partial charge on any atom is -0.395 e. The van der Waals surface area contributed by atoms with Gasteiger partial charge in [0.25, 0.3) is 5.91 Å². The Morgan fingerprint density at radius 3 is 2.64 bits per heavy atom.